The van der Waals surface area contributed by atoms with Gasteiger partial charge in [-0.3, -0.25) is 9.98 Å². The lowest BCUT2D eigenvalue weighted by atomic mass is 10.1. The van der Waals surface area contributed by atoms with Gasteiger partial charge in [-0.15, -0.1) is 0 Å². The third kappa shape index (κ3) is 9.17. The van der Waals surface area contributed by atoms with Crippen LogP contribution in [-0.4, -0.2) is 35.6 Å². The Morgan fingerprint density at radius 3 is 1.48 bits per heavy atom. The summed E-state index contributed by atoms with van der Waals surface area (Å²) in [5.74, 6) is 0. The topological polar surface area (TPSA) is 27.7 Å². The Morgan fingerprint density at radius 1 is 0.783 bits per heavy atom. The minimum atomic E-state index is -0.0151. The highest BCUT2D eigenvalue weighted by atomic mass is 15.3. The van der Waals surface area contributed by atoms with E-state index >= 15 is 0 Å². The molecule has 0 atom stereocenters. The van der Waals surface area contributed by atoms with Crippen LogP contribution in [0, 0.1) is 0 Å². The second-order valence-corrected chi connectivity index (χ2v) is 8.06. The van der Waals surface area contributed by atoms with E-state index in [1.54, 1.807) is 0 Å². The summed E-state index contributed by atoms with van der Waals surface area (Å²) in [6, 6.07) is 10.5. The summed E-state index contributed by atoms with van der Waals surface area (Å²) in [4.78, 5) is 11.5. The van der Waals surface area contributed by atoms with Crippen LogP contribution in [0.25, 0.3) is 0 Å². The third-order valence-corrected chi connectivity index (χ3v) is 3.10. The number of hydrogen-bond donors (Lipinski definition) is 0. The summed E-state index contributed by atoms with van der Waals surface area (Å²) < 4.78 is 0. The van der Waals surface area contributed by atoms with Crippen LogP contribution in [0.3, 0.4) is 0 Å². The molecular weight excluding hydrogens is 282 g/mol. The Bertz CT molecular complexity index is 510. The minimum Gasteiger partial charge on any atom is -0.368 e. The first-order valence-electron chi connectivity index (χ1n) is 8.41. The molecule has 0 N–H and O–H groups in total. The van der Waals surface area contributed by atoms with Crippen molar-refractivity contribution in [1.82, 2.24) is 0 Å². The highest BCUT2D eigenvalue weighted by Gasteiger charge is 2.16. The first-order chi connectivity index (χ1) is 10.5. The predicted molar refractivity (Wildman–Crippen MR) is 104 cm³/mol. The molecule has 0 bridgehead atoms. The number of aliphatic imine (C=N–C) groups is 2. The Balaban J connectivity index is 0.000000248. The van der Waals surface area contributed by atoms with E-state index in [2.05, 4.69) is 80.7 Å². The molecular formula is C20H33N3. The smallest absolute Gasteiger partial charge is 0.0531 e. The number of para-hydroxylation sites is 1. The average molecular weight is 316 g/mol. The Labute approximate surface area is 142 Å². The maximum atomic E-state index is 4.58. The normalized spacial score (nSPS) is 15.9. The fraction of sp³-hybridized carbons (Fsp3) is 0.600. The number of benzene rings is 1. The number of rotatable bonds is 2. The third-order valence-electron chi connectivity index (χ3n) is 3.10. The number of nitrogens with zero attached hydrogens (tertiary/aromatic N) is 3. The van der Waals surface area contributed by atoms with Crippen molar-refractivity contribution in [2.24, 2.45) is 9.98 Å². The summed E-state index contributed by atoms with van der Waals surface area (Å²) in [5.41, 5.74) is 3.40. The van der Waals surface area contributed by atoms with Gasteiger partial charge in [0.15, 0.2) is 0 Å². The van der Waals surface area contributed by atoms with E-state index in [1.165, 1.54) is 18.8 Å². The average Bonchev–Trinajstić information content (AvgIpc) is 3.20. The summed E-state index contributed by atoms with van der Waals surface area (Å²) in [7, 11) is 0. The summed E-state index contributed by atoms with van der Waals surface area (Å²) in [5, 5.41) is 0. The molecule has 128 valence electrons. The highest BCUT2D eigenvalue weighted by Crippen LogP contribution is 2.19. The van der Waals surface area contributed by atoms with E-state index in [4.69, 9.17) is 0 Å². The zero-order valence-electron chi connectivity index (χ0n) is 16.1. The molecule has 0 amide bonds. The fourth-order valence-corrected chi connectivity index (χ4v) is 2.12. The van der Waals surface area contributed by atoms with Gasteiger partial charge in [-0.2, -0.15) is 0 Å². The summed E-state index contributed by atoms with van der Waals surface area (Å²) in [6.07, 6.45) is 0. The van der Waals surface area contributed by atoms with Crippen LogP contribution in [0.15, 0.2) is 40.3 Å². The van der Waals surface area contributed by atoms with Crippen LogP contribution in [0.4, 0.5) is 5.69 Å². The van der Waals surface area contributed by atoms with Crippen molar-refractivity contribution in [2.45, 2.75) is 66.5 Å². The van der Waals surface area contributed by atoms with Gasteiger partial charge in [0.1, 0.15) is 0 Å². The summed E-state index contributed by atoms with van der Waals surface area (Å²) >= 11 is 0. The standard InChI is InChI=1S/C12H24N2.C8H9N/c1-9(13-11(3,4)5)10(2)14-12(6,7)8;1-2-4-8(5-3-1)9-6-7-9/h1-8H3;1-5H,6-7H2/b13-9-,14-10-;. The molecule has 1 fully saturated rings. The molecule has 0 spiro atoms. The van der Waals surface area contributed by atoms with Crippen molar-refractivity contribution < 1.29 is 0 Å². The van der Waals surface area contributed by atoms with E-state index in [0.717, 1.165) is 11.4 Å². The Kier molecular flexibility index (Phi) is 6.55. The lowest BCUT2D eigenvalue weighted by molar-refractivity contribution is 0.578. The van der Waals surface area contributed by atoms with Gasteiger partial charge in [0, 0.05) is 18.8 Å². The first kappa shape index (κ1) is 19.4. The molecule has 0 unspecified atom stereocenters. The molecule has 3 nitrogen and oxygen atoms in total. The summed E-state index contributed by atoms with van der Waals surface area (Å²) in [6.45, 7) is 19.1. The molecule has 0 radical (unpaired) electrons. The maximum Gasteiger partial charge on any atom is 0.0531 e. The molecule has 0 saturated carbocycles. The molecule has 1 heterocycles. The monoisotopic (exact) mass is 315 g/mol. The van der Waals surface area contributed by atoms with Crippen molar-refractivity contribution in [3.63, 3.8) is 0 Å². The SMILES string of the molecule is CC(=N/C(C)(C)C)/C(C)=N\C(C)(C)C.c1ccc(N2CC2)cc1. The number of hydrogen-bond acceptors (Lipinski definition) is 3. The van der Waals surface area contributed by atoms with Crippen molar-refractivity contribution in [1.29, 1.82) is 0 Å². The second-order valence-electron chi connectivity index (χ2n) is 8.06. The first-order valence-corrected chi connectivity index (χ1v) is 8.41. The van der Waals surface area contributed by atoms with Crippen molar-refractivity contribution in [3.05, 3.63) is 30.3 Å². The lowest BCUT2D eigenvalue weighted by Crippen LogP contribution is -2.20. The quantitative estimate of drug-likeness (QED) is 0.557. The van der Waals surface area contributed by atoms with Gasteiger partial charge in [0.2, 0.25) is 0 Å². The van der Waals surface area contributed by atoms with E-state index in [0.29, 0.717) is 0 Å². The lowest BCUT2D eigenvalue weighted by Gasteiger charge is -2.17. The minimum absolute atomic E-state index is 0.0151. The molecule has 1 aliphatic rings. The highest BCUT2D eigenvalue weighted by molar-refractivity contribution is 6.40. The van der Waals surface area contributed by atoms with Gasteiger partial charge in [-0.25, -0.2) is 0 Å². The largest absolute Gasteiger partial charge is 0.368 e. The van der Waals surface area contributed by atoms with Crippen LogP contribution < -0.4 is 4.90 Å². The van der Waals surface area contributed by atoms with E-state index in [-0.39, 0.29) is 11.1 Å². The number of anilines is 1. The molecule has 3 heteroatoms. The zero-order valence-corrected chi connectivity index (χ0v) is 16.1. The van der Waals surface area contributed by atoms with Crippen molar-refractivity contribution in [3.8, 4) is 0 Å². The Morgan fingerprint density at radius 2 is 1.17 bits per heavy atom. The van der Waals surface area contributed by atoms with Crippen LogP contribution in [0.2, 0.25) is 0 Å². The van der Waals surface area contributed by atoms with Gasteiger partial charge < -0.3 is 4.90 Å². The Hall–Kier alpha value is -1.64. The van der Waals surface area contributed by atoms with E-state index in [1.807, 2.05) is 19.9 Å². The molecule has 23 heavy (non-hydrogen) atoms. The molecule has 1 aromatic rings. The molecule has 1 aromatic carbocycles. The van der Waals surface area contributed by atoms with Crippen LogP contribution in [-0.2, 0) is 0 Å². The predicted octanol–water partition coefficient (Wildman–Crippen LogP) is 5.01. The second kappa shape index (κ2) is 7.76. The van der Waals surface area contributed by atoms with E-state index < -0.39 is 0 Å². The zero-order chi connectivity index (χ0) is 17.7. The van der Waals surface area contributed by atoms with Gasteiger partial charge in [-0.05, 0) is 67.5 Å². The van der Waals surface area contributed by atoms with Gasteiger partial charge in [0.05, 0.1) is 22.5 Å². The molecule has 1 aliphatic heterocycles. The van der Waals surface area contributed by atoms with Crippen LogP contribution in [0.1, 0.15) is 55.4 Å². The van der Waals surface area contributed by atoms with Crippen molar-refractivity contribution in [2.75, 3.05) is 18.0 Å². The van der Waals surface area contributed by atoms with Crippen LogP contribution in [0.5, 0.6) is 0 Å². The van der Waals surface area contributed by atoms with Gasteiger partial charge >= 0.3 is 0 Å². The fourth-order valence-electron chi connectivity index (χ4n) is 2.12. The molecule has 1 saturated heterocycles. The van der Waals surface area contributed by atoms with Gasteiger partial charge in [0.25, 0.3) is 0 Å². The van der Waals surface area contributed by atoms with Crippen LogP contribution >= 0.6 is 0 Å². The molecule has 2 rings (SSSR count). The molecule has 0 aromatic heterocycles. The van der Waals surface area contributed by atoms with Crippen molar-refractivity contribution >= 4 is 17.1 Å². The van der Waals surface area contributed by atoms with Gasteiger partial charge in [-0.1, -0.05) is 18.2 Å². The maximum absolute atomic E-state index is 4.58. The van der Waals surface area contributed by atoms with E-state index in [9.17, 15) is 0 Å². The molecule has 0 aliphatic carbocycles.